The molecule has 0 spiro atoms. The highest BCUT2D eigenvalue weighted by Gasteiger charge is 2.28. The molecule has 1 amide bonds. The van der Waals surface area contributed by atoms with Gasteiger partial charge in [0, 0.05) is 63.1 Å². The monoisotopic (exact) mass is 370 g/mol. The molecule has 3 rings (SSSR count). The zero-order valence-electron chi connectivity index (χ0n) is 17.3. The molecule has 0 unspecified atom stereocenters. The van der Waals surface area contributed by atoms with Crippen molar-refractivity contribution in [2.75, 3.05) is 32.7 Å². The van der Waals surface area contributed by atoms with Gasteiger partial charge in [0.25, 0.3) is 0 Å². The highest BCUT2D eigenvalue weighted by atomic mass is 16.2. The molecule has 5 nitrogen and oxygen atoms in total. The zero-order valence-corrected chi connectivity index (χ0v) is 17.3. The number of nitrogens with zero attached hydrogens (tertiary/aromatic N) is 4. The van der Waals surface area contributed by atoms with Gasteiger partial charge >= 0.3 is 0 Å². The van der Waals surface area contributed by atoms with Crippen LogP contribution in [0.25, 0.3) is 0 Å². The third-order valence-corrected chi connectivity index (χ3v) is 5.71. The van der Waals surface area contributed by atoms with Crippen LogP contribution in [0.5, 0.6) is 0 Å². The largest absolute Gasteiger partial charge is 0.348 e. The summed E-state index contributed by atoms with van der Waals surface area (Å²) in [5.74, 6) is 0.771. The van der Waals surface area contributed by atoms with Crippen LogP contribution in [0.15, 0.2) is 36.7 Å². The van der Waals surface area contributed by atoms with Crippen LogP contribution in [0, 0.1) is 19.8 Å². The Hall–Kier alpha value is -2.01. The van der Waals surface area contributed by atoms with Crippen molar-refractivity contribution in [3.63, 3.8) is 0 Å². The minimum atomic E-state index is -0.0725. The van der Waals surface area contributed by atoms with Gasteiger partial charge in [-0.15, -0.1) is 0 Å². The Morgan fingerprint density at radius 3 is 2.11 bits per heavy atom. The topological polar surface area (TPSA) is 33.4 Å². The van der Waals surface area contributed by atoms with Gasteiger partial charge in [-0.3, -0.25) is 9.69 Å². The van der Waals surface area contributed by atoms with Crippen LogP contribution < -0.4 is 0 Å². The molecule has 1 aliphatic rings. The lowest BCUT2D eigenvalue weighted by Crippen LogP contribution is -2.51. The van der Waals surface area contributed by atoms with E-state index in [2.05, 4.69) is 58.8 Å². The van der Waals surface area contributed by atoms with Gasteiger partial charge < -0.3 is 14.0 Å². The van der Waals surface area contributed by atoms with Crippen LogP contribution in [-0.2, 0) is 11.3 Å². The maximum atomic E-state index is 13.2. The molecule has 0 radical (unpaired) electrons. The van der Waals surface area contributed by atoms with Crippen molar-refractivity contribution in [3.8, 4) is 0 Å². The number of hydrogen-bond donors (Lipinski definition) is 0. The number of piperazine rings is 1. The highest BCUT2D eigenvalue weighted by molar-refractivity contribution is 5.80. The average Bonchev–Trinajstić information content (AvgIpc) is 3.28. The summed E-state index contributed by atoms with van der Waals surface area (Å²) in [5.41, 5.74) is 2.65. The summed E-state index contributed by atoms with van der Waals surface area (Å²) < 4.78 is 4.45. The van der Waals surface area contributed by atoms with E-state index in [4.69, 9.17) is 0 Å². The van der Waals surface area contributed by atoms with Crippen molar-refractivity contribution in [1.82, 2.24) is 18.9 Å². The molecule has 2 aromatic rings. The normalized spacial score (nSPS) is 16.9. The van der Waals surface area contributed by atoms with Gasteiger partial charge in [-0.25, -0.2) is 0 Å². The average molecular weight is 371 g/mol. The Morgan fingerprint density at radius 2 is 1.56 bits per heavy atom. The molecule has 1 aliphatic heterocycles. The van der Waals surface area contributed by atoms with Crippen LogP contribution in [0.3, 0.4) is 0 Å². The summed E-state index contributed by atoms with van der Waals surface area (Å²) in [7, 11) is 0. The lowest BCUT2D eigenvalue weighted by atomic mass is 10.0. The first-order valence-corrected chi connectivity index (χ1v) is 10.2. The number of carbonyl (C=O) groups is 1. The van der Waals surface area contributed by atoms with Crippen LogP contribution in [-0.4, -0.2) is 57.6 Å². The number of rotatable bonds is 7. The van der Waals surface area contributed by atoms with Gasteiger partial charge in [0.2, 0.25) is 5.91 Å². The molecule has 2 aromatic heterocycles. The minimum absolute atomic E-state index is 0.0725. The van der Waals surface area contributed by atoms with Crippen LogP contribution >= 0.6 is 0 Å². The van der Waals surface area contributed by atoms with Crippen molar-refractivity contribution in [3.05, 3.63) is 48.0 Å². The standard InChI is InChI=1S/C22H34N4O/c1-18(2)17-21(24-9-5-6-10-24)22(27)25-14-11-23(12-15-25)13-16-26-19(3)7-8-20(26)4/h5-10,18,21H,11-17H2,1-4H3/t21-/m0/s1. The van der Waals surface area contributed by atoms with Crippen molar-refractivity contribution in [2.24, 2.45) is 5.92 Å². The molecular weight excluding hydrogens is 336 g/mol. The first-order chi connectivity index (χ1) is 13.0. The molecule has 3 heterocycles. The van der Waals surface area contributed by atoms with E-state index in [1.807, 2.05) is 24.5 Å². The second-order valence-corrected chi connectivity index (χ2v) is 8.21. The van der Waals surface area contributed by atoms with E-state index < -0.39 is 0 Å². The smallest absolute Gasteiger partial charge is 0.245 e. The predicted octanol–water partition coefficient (Wildman–Crippen LogP) is 3.34. The molecule has 0 aromatic carbocycles. The molecule has 1 saturated heterocycles. The minimum Gasteiger partial charge on any atom is -0.348 e. The summed E-state index contributed by atoms with van der Waals surface area (Å²) in [5, 5.41) is 0. The fourth-order valence-electron chi connectivity index (χ4n) is 4.05. The van der Waals surface area contributed by atoms with Crippen molar-refractivity contribution >= 4 is 5.91 Å². The fourth-order valence-corrected chi connectivity index (χ4v) is 4.05. The number of aryl methyl sites for hydroxylation is 2. The van der Waals surface area contributed by atoms with Crippen LogP contribution in [0.2, 0.25) is 0 Å². The first kappa shape index (κ1) is 19.7. The summed E-state index contributed by atoms with van der Waals surface area (Å²) in [4.78, 5) is 17.7. The van der Waals surface area contributed by atoms with Gasteiger partial charge in [0.05, 0.1) is 0 Å². The highest BCUT2D eigenvalue weighted by Crippen LogP contribution is 2.21. The Kier molecular flexibility index (Phi) is 6.42. The Balaban J connectivity index is 1.53. The Labute approximate surface area is 163 Å². The molecule has 1 atom stereocenters. The lowest BCUT2D eigenvalue weighted by molar-refractivity contribution is -0.137. The van der Waals surface area contributed by atoms with E-state index in [1.54, 1.807) is 0 Å². The summed E-state index contributed by atoms with van der Waals surface area (Å²) in [6.45, 7) is 14.4. The first-order valence-electron chi connectivity index (χ1n) is 10.2. The molecule has 0 saturated carbocycles. The maximum Gasteiger partial charge on any atom is 0.245 e. The lowest BCUT2D eigenvalue weighted by Gasteiger charge is -2.37. The maximum absolute atomic E-state index is 13.2. The van der Waals surface area contributed by atoms with Crippen molar-refractivity contribution < 1.29 is 4.79 Å². The summed E-state index contributed by atoms with van der Waals surface area (Å²) in [6, 6.07) is 8.30. The van der Waals surface area contributed by atoms with E-state index in [9.17, 15) is 4.79 Å². The number of aromatic nitrogens is 2. The Morgan fingerprint density at radius 1 is 0.963 bits per heavy atom. The van der Waals surface area contributed by atoms with Gasteiger partial charge in [0.1, 0.15) is 6.04 Å². The van der Waals surface area contributed by atoms with Crippen molar-refractivity contribution in [1.29, 1.82) is 0 Å². The molecule has 0 N–H and O–H groups in total. The third kappa shape index (κ3) is 4.83. The van der Waals surface area contributed by atoms with Crippen molar-refractivity contribution in [2.45, 2.75) is 46.7 Å². The van der Waals surface area contributed by atoms with E-state index in [0.29, 0.717) is 5.92 Å². The van der Waals surface area contributed by atoms with Crippen LogP contribution in [0.4, 0.5) is 0 Å². The number of carbonyl (C=O) groups excluding carboxylic acids is 1. The summed E-state index contributed by atoms with van der Waals surface area (Å²) >= 11 is 0. The van der Waals surface area contributed by atoms with E-state index in [1.165, 1.54) is 11.4 Å². The molecule has 1 fully saturated rings. The Bertz CT molecular complexity index is 704. The van der Waals surface area contributed by atoms with Gasteiger partial charge in [-0.1, -0.05) is 13.8 Å². The molecular formula is C22H34N4O. The zero-order chi connectivity index (χ0) is 19.4. The summed E-state index contributed by atoms with van der Waals surface area (Å²) in [6.07, 6.45) is 4.92. The number of hydrogen-bond acceptors (Lipinski definition) is 2. The predicted molar refractivity (Wildman–Crippen MR) is 110 cm³/mol. The fraction of sp³-hybridized carbons (Fsp3) is 0.591. The van der Waals surface area contributed by atoms with Crippen LogP contribution in [0.1, 0.15) is 37.7 Å². The van der Waals surface area contributed by atoms with Gasteiger partial charge in [0.15, 0.2) is 0 Å². The molecule has 0 bridgehead atoms. The molecule has 148 valence electrons. The third-order valence-electron chi connectivity index (χ3n) is 5.71. The van der Waals surface area contributed by atoms with Gasteiger partial charge in [-0.05, 0) is 50.5 Å². The molecule has 27 heavy (non-hydrogen) atoms. The van der Waals surface area contributed by atoms with E-state index in [-0.39, 0.29) is 11.9 Å². The van der Waals surface area contributed by atoms with E-state index in [0.717, 1.165) is 45.7 Å². The SMILES string of the molecule is Cc1ccc(C)n1CCN1CCN(C(=O)[C@H](CC(C)C)n2cccc2)CC1. The van der Waals surface area contributed by atoms with Gasteiger partial charge in [-0.2, -0.15) is 0 Å². The molecule has 5 heteroatoms. The second kappa shape index (κ2) is 8.79. The quantitative estimate of drug-likeness (QED) is 0.749. The second-order valence-electron chi connectivity index (χ2n) is 8.21. The number of amides is 1. The molecule has 0 aliphatic carbocycles. The van der Waals surface area contributed by atoms with E-state index >= 15 is 0 Å².